The Morgan fingerprint density at radius 3 is 1.47 bits per heavy atom. The molecule has 1 radical (unpaired) electrons. The standard InChI is InChI=1S/C5H3F8O3S/c1-17(14,15)16-2(4(8,9)10)3(6,7)5(11,12)13/h1H3. The van der Waals surface area contributed by atoms with Gasteiger partial charge in [0.2, 0.25) is 0 Å². The Labute approximate surface area is 89.5 Å². The van der Waals surface area contributed by atoms with Crippen molar-refractivity contribution in [3.63, 3.8) is 0 Å². The molecule has 0 unspecified atom stereocenters. The molecule has 0 aromatic carbocycles. The van der Waals surface area contributed by atoms with Gasteiger partial charge in [-0.3, -0.25) is 0 Å². The van der Waals surface area contributed by atoms with Gasteiger partial charge in [-0.05, 0) is 0 Å². The molecular formula is C5H3F8O3S. The molecule has 0 saturated heterocycles. The molecule has 12 heteroatoms. The molecule has 0 aliphatic carbocycles. The zero-order valence-electron chi connectivity index (χ0n) is 7.66. The van der Waals surface area contributed by atoms with E-state index in [0.717, 1.165) is 0 Å². The van der Waals surface area contributed by atoms with Gasteiger partial charge in [-0.1, -0.05) is 0 Å². The molecule has 17 heavy (non-hydrogen) atoms. The van der Waals surface area contributed by atoms with Crippen LogP contribution in [0.15, 0.2) is 0 Å². The summed E-state index contributed by atoms with van der Waals surface area (Å²) in [6, 6.07) is 0. The molecule has 3 nitrogen and oxygen atoms in total. The number of rotatable bonds is 3. The minimum atomic E-state index is -6.64. The lowest BCUT2D eigenvalue weighted by Crippen LogP contribution is -2.49. The van der Waals surface area contributed by atoms with Gasteiger partial charge in [-0.2, -0.15) is 43.5 Å². The maximum atomic E-state index is 12.3. The van der Waals surface area contributed by atoms with Crippen LogP contribution in [0.5, 0.6) is 0 Å². The Balaban J connectivity index is 5.51. The lowest BCUT2D eigenvalue weighted by Gasteiger charge is -2.27. The highest BCUT2D eigenvalue weighted by Gasteiger charge is 2.73. The van der Waals surface area contributed by atoms with Crippen LogP contribution in [0.1, 0.15) is 0 Å². The van der Waals surface area contributed by atoms with Gasteiger partial charge < -0.3 is 0 Å². The zero-order valence-corrected chi connectivity index (χ0v) is 8.47. The third kappa shape index (κ3) is 4.26. The van der Waals surface area contributed by atoms with E-state index >= 15 is 0 Å². The molecule has 0 atom stereocenters. The Hall–Kier alpha value is -0.650. The van der Waals surface area contributed by atoms with Crippen molar-refractivity contribution in [2.24, 2.45) is 0 Å². The fourth-order valence-corrected chi connectivity index (χ4v) is 1.06. The number of hydrogen-bond donors (Lipinski definition) is 0. The largest absolute Gasteiger partial charge is 0.457 e. The van der Waals surface area contributed by atoms with Crippen LogP contribution in [0, 0.1) is 6.10 Å². The summed E-state index contributed by atoms with van der Waals surface area (Å²) >= 11 is 0. The van der Waals surface area contributed by atoms with Crippen LogP contribution >= 0.6 is 0 Å². The molecule has 0 bridgehead atoms. The predicted molar refractivity (Wildman–Crippen MR) is 36.2 cm³/mol. The maximum Gasteiger partial charge on any atom is 0.457 e. The third-order valence-corrected chi connectivity index (χ3v) is 1.60. The fraction of sp³-hybridized carbons (Fsp3) is 0.800. The highest BCUT2D eigenvalue weighted by atomic mass is 32.2. The van der Waals surface area contributed by atoms with Crippen LogP contribution in [0.25, 0.3) is 0 Å². The first-order valence-electron chi connectivity index (χ1n) is 3.37. The fourth-order valence-electron chi connectivity index (χ4n) is 0.558. The summed E-state index contributed by atoms with van der Waals surface area (Å²) in [4.78, 5) is 0. The molecule has 0 fully saturated rings. The molecular weight excluding hydrogens is 292 g/mol. The van der Waals surface area contributed by atoms with Gasteiger partial charge in [0.1, 0.15) is 0 Å². The quantitative estimate of drug-likeness (QED) is 0.592. The average Bonchev–Trinajstić information content (AvgIpc) is 1.93. The minimum Gasteiger partial charge on any atom is -0.243 e. The van der Waals surface area contributed by atoms with Crippen LogP contribution < -0.4 is 0 Å². The second-order valence-electron chi connectivity index (χ2n) is 2.69. The van der Waals surface area contributed by atoms with Crippen molar-refractivity contribution in [2.75, 3.05) is 6.26 Å². The molecule has 0 N–H and O–H groups in total. The summed E-state index contributed by atoms with van der Waals surface area (Å²) in [5, 5.41) is 0. The lowest BCUT2D eigenvalue weighted by atomic mass is 10.2. The highest BCUT2D eigenvalue weighted by molar-refractivity contribution is 7.86. The first-order chi connectivity index (χ1) is 7.09. The monoisotopic (exact) mass is 295 g/mol. The molecule has 0 aliphatic heterocycles. The normalized spacial score (nSPS) is 15.4. The Kier molecular flexibility index (Phi) is 4.06. The van der Waals surface area contributed by atoms with Crippen molar-refractivity contribution >= 4 is 10.1 Å². The maximum absolute atomic E-state index is 12.3. The van der Waals surface area contributed by atoms with Crippen LogP contribution in [-0.4, -0.2) is 32.9 Å². The summed E-state index contributed by atoms with van der Waals surface area (Å²) in [5.74, 6) is -6.46. The Bertz CT molecular complexity index is 366. The van der Waals surface area contributed by atoms with Crippen LogP contribution in [0.3, 0.4) is 0 Å². The van der Waals surface area contributed by atoms with E-state index in [1.54, 1.807) is 0 Å². The molecule has 103 valence electrons. The van der Waals surface area contributed by atoms with Crippen LogP contribution in [0.2, 0.25) is 0 Å². The number of halogens is 8. The second kappa shape index (κ2) is 4.23. The van der Waals surface area contributed by atoms with E-state index in [9.17, 15) is 43.5 Å². The number of alkyl halides is 8. The summed E-state index contributed by atoms with van der Waals surface area (Å²) in [7, 11) is -5.19. The van der Waals surface area contributed by atoms with E-state index in [4.69, 9.17) is 0 Å². The summed E-state index contributed by atoms with van der Waals surface area (Å²) in [6.45, 7) is 0. The van der Waals surface area contributed by atoms with Gasteiger partial charge in [-0.25, -0.2) is 4.18 Å². The van der Waals surface area contributed by atoms with Gasteiger partial charge in [0.05, 0.1) is 6.26 Å². The van der Waals surface area contributed by atoms with Crippen molar-refractivity contribution in [3.05, 3.63) is 6.10 Å². The SMILES string of the molecule is CS(=O)(=O)O[C](C(F)(F)F)C(F)(F)C(F)(F)F. The van der Waals surface area contributed by atoms with E-state index in [1.165, 1.54) is 0 Å². The minimum absolute atomic E-state index is 0.106. The Morgan fingerprint density at radius 2 is 1.29 bits per heavy atom. The van der Waals surface area contributed by atoms with E-state index in [0.29, 0.717) is 0 Å². The van der Waals surface area contributed by atoms with E-state index in [1.807, 2.05) is 0 Å². The van der Waals surface area contributed by atoms with E-state index in [-0.39, 0.29) is 6.26 Å². The lowest BCUT2D eigenvalue weighted by molar-refractivity contribution is -0.317. The molecule has 0 spiro atoms. The first-order valence-corrected chi connectivity index (χ1v) is 5.19. The predicted octanol–water partition coefficient (Wildman–Crippen LogP) is 2.25. The molecule has 0 aromatic heterocycles. The summed E-state index contributed by atoms with van der Waals surface area (Å²) < 4.78 is 118. The second-order valence-corrected chi connectivity index (χ2v) is 4.26. The summed E-state index contributed by atoms with van der Waals surface area (Å²) in [5.41, 5.74) is 0. The first kappa shape index (κ1) is 16.4. The van der Waals surface area contributed by atoms with E-state index in [2.05, 4.69) is 4.18 Å². The molecule has 0 amide bonds. The molecule has 0 heterocycles. The van der Waals surface area contributed by atoms with Crippen molar-refractivity contribution < 1.29 is 47.7 Å². The zero-order chi connectivity index (χ0) is 14.3. The van der Waals surface area contributed by atoms with Crippen LogP contribution in [0.4, 0.5) is 35.1 Å². The van der Waals surface area contributed by atoms with Gasteiger partial charge in [-0.15, -0.1) is 0 Å². The molecule has 0 rings (SSSR count). The van der Waals surface area contributed by atoms with Gasteiger partial charge in [0.15, 0.2) is 0 Å². The van der Waals surface area contributed by atoms with Crippen molar-refractivity contribution in [2.45, 2.75) is 18.3 Å². The molecule has 0 aromatic rings. The third-order valence-electron chi connectivity index (χ3n) is 1.13. The molecule has 0 aliphatic rings. The number of hydrogen-bond acceptors (Lipinski definition) is 3. The highest BCUT2D eigenvalue weighted by Crippen LogP contribution is 2.49. The Morgan fingerprint density at radius 1 is 0.941 bits per heavy atom. The summed E-state index contributed by atoms with van der Waals surface area (Å²) in [6.07, 6.45) is -16.9. The van der Waals surface area contributed by atoms with Crippen molar-refractivity contribution in [1.29, 1.82) is 0 Å². The van der Waals surface area contributed by atoms with Crippen molar-refractivity contribution in [1.82, 2.24) is 0 Å². The average molecular weight is 295 g/mol. The van der Waals surface area contributed by atoms with Gasteiger partial charge in [0, 0.05) is 0 Å². The van der Waals surface area contributed by atoms with Gasteiger partial charge in [0.25, 0.3) is 16.2 Å². The van der Waals surface area contributed by atoms with E-state index < -0.39 is 34.5 Å². The topological polar surface area (TPSA) is 43.4 Å². The van der Waals surface area contributed by atoms with Crippen LogP contribution in [-0.2, 0) is 14.3 Å². The smallest absolute Gasteiger partial charge is 0.243 e. The van der Waals surface area contributed by atoms with Gasteiger partial charge >= 0.3 is 18.3 Å². The molecule has 0 saturated carbocycles. The van der Waals surface area contributed by atoms with Crippen molar-refractivity contribution in [3.8, 4) is 0 Å².